The average molecular weight is 228 g/mol. The molecule has 0 aliphatic heterocycles. The maximum Gasteiger partial charge on any atom is 0.236 e. The van der Waals surface area contributed by atoms with Gasteiger partial charge in [0.15, 0.2) is 0 Å². The Labute approximate surface area is 101 Å². The summed E-state index contributed by atoms with van der Waals surface area (Å²) in [4.78, 5) is 14.0. The monoisotopic (exact) mass is 228 g/mol. The van der Waals surface area contributed by atoms with E-state index in [2.05, 4.69) is 53.8 Å². The van der Waals surface area contributed by atoms with Crippen LogP contribution in [0.15, 0.2) is 0 Å². The van der Waals surface area contributed by atoms with Gasteiger partial charge in [0.1, 0.15) is 0 Å². The fourth-order valence-corrected chi connectivity index (χ4v) is 1.44. The molecule has 0 bridgehead atoms. The van der Waals surface area contributed by atoms with Gasteiger partial charge in [-0.05, 0) is 40.5 Å². The highest BCUT2D eigenvalue weighted by Crippen LogP contribution is 2.05. The summed E-state index contributed by atoms with van der Waals surface area (Å²) < 4.78 is 0. The van der Waals surface area contributed by atoms with Gasteiger partial charge < -0.3 is 10.2 Å². The van der Waals surface area contributed by atoms with Crippen LogP contribution in [-0.4, -0.2) is 35.5 Å². The molecule has 0 radical (unpaired) electrons. The van der Waals surface area contributed by atoms with Crippen LogP contribution in [0.2, 0.25) is 0 Å². The molecule has 0 heterocycles. The predicted octanol–water partition coefficient (Wildman–Crippen LogP) is 2.27. The van der Waals surface area contributed by atoms with Crippen molar-refractivity contribution in [3.8, 4) is 0 Å². The van der Waals surface area contributed by atoms with Crippen LogP contribution in [0.5, 0.6) is 0 Å². The van der Waals surface area contributed by atoms with E-state index < -0.39 is 0 Å². The SMILES string of the molecule is CC(C)CN(C(=O)CNC(C)(C)C)C(C)C. The number of hydrogen-bond acceptors (Lipinski definition) is 2. The summed E-state index contributed by atoms with van der Waals surface area (Å²) in [6.07, 6.45) is 0. The number of nitrogens with one attached hydrogen (secondary N) is 1. The number of hydrogen-bond donors (Lipinski definition) is 1. The molecule has 0 aliphatic rings. The van der Waals surface area contributed by atoms with Gasteiger partial charge in [0, 0.05) is 18.1 Å². The van der Waals surface area contributed by atoms with Crippen molar-refractivity contribution in [2.45, 2.75) is 60.0 Å². The molecule has 3 heteroatoms. The third-order valence-electron chi connectivity index (χ3n) is 2.28. The van der Waals surface area contributed by atoms with Crippen molar-refractivity contribution in [1.82, 2.24) is 10.2 Å². The Bertz CT molecular complexity index is 216. The molecule has 0 aromatic rings. The molecule has 16 heavy (non-hydrogen) atoms. The molecule has 0 aromatic heterocycles. The van der Waals surface area contributed by atoms with Crippen LogP contribution in [0.4, 0.5) is 0 Å². The second-order valence-electron chi connectivity index (χ2n) is 6.14. The topological polar surface area (TPSA) is 32.3 Å². The van der Waals surface area contributed by atoms with Crippen LogP contribution in [0.3, 0.4) is 0 Å². The molecule has 3 nitrogen and oxygen atoms in total. The lowest BCUT2D eigenvalue weighted by Crippen LogP contribution is -2.48. The molecule has 0 fully saturated rings. The molecule has 0 aromatic carbocycles. The Morgan fingerprint density at radius 1 is 1.19 bits per heavy atom. The average Bonchev–Trinajstić information content (AvgIpc) is 2.08. The summed E-state index contributed by atoms with van der Waals surface area (Å²) in [7, 11) is 0. The molecule has 0 unspecified atom stereocenters. The van der Waals surface area contributed by atoms with Crippen LogP contribution in [-0.2, 0) is 4.79 Å². The third-order valence-corrected chi connectivity index (χ3v) is 2.28. The standard InChI is InChI=1S/C13H28N2O/c1-10(2)9-15(11(3)4)12(16)8-14-13(5,6)7/h10-11,14H,8-9H2,1-7H3. The van der Waals surface area contributed by atoms with Gasteiger partial charge in [0.05, 0.1) is 6.54 Å². The van der Waals surface area contributed by atoms with E-state index >= 15 is 0 Å². The fraction of sp³-hybridized carbons (Fsp3) is 0.923. The Morgan fingerprint density at radius 3 is 2.00 bits per heavy atom. The summed E-state index contributed by atoms with van der Waals surface area (Å²) in [5, 5.41) is 3.24. The summed E-state index contributed by atoms with van der Waals surface area (Å²) in [5.74, 6) is 0.708. The first-order chi connectivity index (χ1) is 7.13. The van der Waals surface area contributed by atoms with E-state index in [0.717, 1.165) is 6.54 Å². The van der Waals surface area contributed by atoms with E-state index in [1.807, 2.05) is 4.90 Å². The zero-order valence-corrected chi connectivity index (χ0v) is 11.9. The van der Waals surface area contributed by atoms with Crippen molar-refractivity contribution >= 4 is 5.91 Å². The minimum absolute atomic E-state index is 0.00383. The maximum absolute atomic E-state index is 12.0. The lowest BCUT2D eigenvalue weighted by molar-refractivity contribution is -0.132. The highest BCUT2D eigenvalue weighted by molar-refractivity contribution is 5.78. The van der Waals surface area contributed by atoms with Crippen LogP contribution in [0, 0.1) is 5.92 Å². The van der Waals surface area contributed by atoms with Crippen LogP contribution in [0.25, 0.3) is 0 Å². The van der Waals surface area contributed by atoms with Gasteiger partial charge in [-0.25, -0.2) is 0 Å². The van der Waals surface area contributed by atoms with Gasteiger partial charge in [0.25, 0.3) is 0 Å². The highest BCUT2D eigenvalue weighted by atomic mass is 16.2. The van der Waals surface area contributed by atoms with Gasteiger partial charge in [-0.3, -0.25) is 4.79 Å². The van der Waals surface area contributed by atoms with Crippen molar-refractivity contribution < 1.29 is 4.79 Å². The van der Waals surface area contributed by atoms with Crippen molar-refractivity contribution in [2.75, 3.05) is 13.1 Å². The number of carbonyl (C=O) groups excluding carboxylic acids is 1. The first-order valence-electron chi connectivity index (χ1n) is 6.18. The van der Waals surface area contributed by atoms with Gasteiger partial charge in [-0.1, -0.05) is 13.8 Å². The number of carbonyl (C=O) groups is 1. The Hall–Kier alpha value is -0.570. The van der Waals surface area contributed by atoms with E-state index in [1.165, 1.54) is 0 Å². The summed E-state index contributed by atoms with van der Waals surface area (Å²) in [6.45, 7) is 15.9. The number of amides is 1. The van der Waals surface area contributed by atoms with E-state index in [9.17, 15) is 4.79 Å². The third kappa shape index (κ3) is 6.83. The molecular weight excluding hydrogens is 200 g/mol. The van der Waals surface area contributed by atoms with Crippen LogP contribution < -0.4 is 5.32 Å². The van der Waals surface area contributed by atoms with Crippen molar-refractivity contribution in [3.05, 3.63) is 0 Å². The zero-order chi connectivity index (χ0) is 12.9. The summed E-state index contributed by atoms with van der Waals surface area (Å²) >= 11 is 0. The van der Waals surface area contributed by atoms with Crippen molar-refractivity contribution in [1.29, 1.82) is 0 Å². The second kappa shape index (κ2) is 6.24. The minimum atomic E-state index is -0.00383. The van der Waals surface area contributed by atoms with E-state index in [0.29, 0.717) is 12.5 Å². The molecule has 96 valence electrons. The molecule has 0 saturated heterocycles. The Kier molecular flexibility index (Phi) is 6.01. The molecule has 0 rings (SSSR count). The maximum atomic E-state index is 12.0. The summed E-state index contributed by atoms with van der Waals surface area (Å²) in [5.41, 5.74) is -0.00383. The molecular formula is C13H28N2O. The quantitative estimate of drug-likeness (QED) is 0.783. The normalized spacial score (nSPS) is 12.3. The van der Waals surface area contributed by atoms with E-state index in [1.54, 1.807) is 0 Å². The summed E-state index contributed by atoms with van der Waals surface area (Å²) in [6, 6.07) is 0.275. The zero-order valence-electron chi connectivity index (χ0n) is 11.9. The number of nitrogens with zero attached hydrogens (tertiary/aromatic N) is 1. The lowest BCUT2D eigenvalue weighted by atomic mass is 10.1. The van der Waals surface area contributed by atoms with Gasteiger partial charge in [-0.15, -0.1) is 0 Å². The molecule has 1 amide bonds. The molecule has 0 saturated carbocycles. The molecule has 0 atom stereocenters. The van der Waals surface area contributed by atoms with E-state index in [4.69, 9.17) is 0 Å². The van der Waals surface area contributed by atoms with Crippen molar-refractivity contribution in [2.24, 2.45) is 5.92 Å². The highest BCUT2D eigenvalue weighted by Gasteiger charge is 2.19. The van der Waals surface area contributed by atoms with E-state index in [-0.39, 0.29) is 17.5 Å². The molecule has 1 N–H and O–H groups in total. The van der Waals surface area contributed by atoms with Gasteiger partial charge >= 0.3 is 0 Å². The Morgan fingerprint density at radius 2 is 1.69 bits per heavy atom. The number of rotatable bonds is 5. The van der Waals surface area contributed by atoms with Gasteiger partial charge in [-0.2, -0.15) is 0 Å². The minimum Gasteiger partial charge on any atom is -0.339 e. The second-order valence-corrected chi connectivity index (χ2v) is 6.14. The molecule has 0 spiro atoms. The van der Waals surface area contributed by atoms with Crippen molar-refractivity contribution in [3.63, 3.8) is 0 Å². The predicted molar refractivity (Wildman–Crippen MR) is 69.4 cm³/mol. The van der Waals surface area contributed by atoms with Crippen LogP contribution >= 0.6 is 0 Å². The smallest absolute Gasteiger partial charge is 0.236 e. The van der Waals surface area contributed by atoms with Gasteiger partial charge in [0.2, 0.25) is 5.91 Å². The first kappa shape index (κ1) is 15.4. The van der Waals surface area contributed by atoms with Crippen LogP contribution in [0.1, 0.15) is 48.5 Å². The largest absolute Gasteiger partial charge is 0.339 e. The first-order valence-corrected chi connectivity index (χ1v) is 6.18. The fourth-order valence-electron chi connectivity index (χ4n) is 1.44. The lowest BCUT2D eigenvalue weighted by Gasteiger charge is -2.30. The Balaban J connectivity index is 4.29. The molecule has 0 aliphatic carbocycles.